The molecule has 1 saturated carbocycles. The van der Waals surface area contributed by atoms with Gasteiger partial charge in [-0.25, -0.2) is 0 Å². The van der Waals surface area contributed by atoms with Gasteiger partial charge in [-0.1, -0.05) is 108 Å². The Labute approximate surface area is 165 Å². The molecular formula is C26H48. The lowest BCUT2D eigenvalue weighted by Gasteiger charge is -2.84. The van der Waals surface area contributed by atoms with Crippen LogP contribution in [0, 0.1) is 43.3 Å². The SMILES string of the molecule is CC1=C(C)C2(C)C(C)(C)C(C)(C)C(C)(C)C(C)(C)C2(C)C(C)(C)C1(C)C. The molecule has 1 fully saturated rings. The number of hydrogen-bond donors (Lipinski definition) is 0. The Morgan fingerprint density at radius 3 is 1.12 bits per heavy atom. The number of hydrogen-bond acceptors (Lipinski definition) is 0. The monoisotopic (exact) mass is 360 g/mol. The maximum absolute atomic E-state index is 2.64. The van der Waals surface area contributed by atoms with Crippen LogP contribution in [0.4, 0.5) is 0 Å². The third-order valence-corrected chi connectivity index (χ3v) is 13.2. The van der Waals surface area contributed by atoms with Gasteiger partial charge < -0.3 is 0 Å². The van der Waals surface area contributed by atoms with E-state index in [0.29, 0.717) is 0 Å². The molecule has 0 aromatic heterocycles. The summed E-state index contributed by atoms with van der Waals surface area (Å²) in [7, 11) is 0. The van der Waals surface area contributed by atoms with E-state index in [1.165, 1.54) is 0 Å². The summed E-state index contributed by atoms with van der Waals surface area (Å²) < 4.78 is 0. The molecule has 2 aliphatic rings. The molecule has 0 aliphatic heterocycles. The van der Waals surface area contributed by atoms with E-state index in [0.717, 1.165) is 0 Å². The van der Waals surface area contributed by atoms with Gasteiger partial charge in [0.1, 0.15) is 0 Å². The number of rotatable bonds is 0. The van der Waals surface area contributed by atoms with Crippen molar-refractivity contribution in [3.63, 3.8) is 0 Å². The maximum atomic E-state index is 2.64. The Hall–Kier alpha value is -0.260. The molecule has 0 heterocycles. The highest BCUT2D eigenvalue weighted by Gasteiger charge is 2.80. The zero-order valence-electron chi connectivity index (χ0n) is 21.0. The van der Waals surface area contributed by atoms with Crippen molar-refractivity contribution >= 4 is 0 Å². The van der Waals surface area contributed by atoms with Gasteiger partial charge in [-0.05, 0) is 51.8 Å². The molecule has 0 aromatic carbocycles. The van der Waals surface area contributed by atoms with Crippen molar-refractivity contribution in [2.45, 2.75) is 111 Å². The van der Waals surface area contributed by atoms with Crippen LogP contribution >= 0.6 is 0 Å². The van der Waals surface area contributed by atoms with Crippen molar-refractivity contribution in [1.29, 1.82) is 0 Å². The van der Waals surface area contributed by atoms with Crippen molar-refractivity contribution in [3.05, 3.63) is 11.1 Å². The molecule has 2 aliphatic carbocycles. The maximum Gasteiger partial charge on any atom is 0.000449 e. The predicted octanol–water partition coefficient (Wildman–Crippen LogP) is 8.52. The highest BCUT2D eigenvalue weighted by atomic mass is 14.8. The van der Waals surface area contributed by atoms with Crippen LogP contribution < -0.4 is 0 Å². The van der Waals surface area contributed by atoms with E-state index in [4.69, 9.17) is 0 Å². The normalized spacial score (nSPS) is 41.5. The topological polar surface area (TPSA) is 0 Å². The average Bonchev–Trinajstić information content (AvgIpc) is 2.48. The minimum Gasteiger partial charge on any atom is -0.0676 e. The summed E-state index contributed by atoms with van der Waals surface area (Å²) >= 11 is 0. The highest BCUT2D eigenvalue weighted by molar-refractivity contribution is 5.42. The van der Waals surface area contributed by atoms with Crippen molar-refractivity contribution in [1.82, 2.24) is 0 Å². The van der Waals surface area contributed by atoms with Crippen LogP contribution in [-0.2, 0) is 0 Å². The Morgan fingerprint density at radius 2 is 0.731 bits per heavy atom. The second-order valence-corrected chi connectivity index (χ2v) is 13.2. The van der Waals surface area contributed by atoms with Gasteiger partial charge >= 0.3 is 0 Å². The lowest BCUT2D eigenvalue weighted by atomic mass is 9.20. The van der Waals surface area contributed by atoms with Crippen LogP contribution in [0.5, 0.6) is 0 Å². The van der Waals surface area contributed by atoms with E-state index in [2.05, 4.69) is 111 Å². The zero-order valence-corrected chi connectivity index (χ0v) is 21.0. The van der Waals surface area contributed by atoms with Crippen LogP contribution in [0.1, 0.15) is 111 Å². The largest absolute Gasteiger partial charge is 0.0676 e. The number of allylic oxidation sites excluding steroid dienone is 2. The van der Waals surface area contributed by atoms with E-state index in [9.17, 15) is 0 Å². The van der Waals surface area contributed by atoms with Gasteiger partial charge in [-0.2, -0.15) is 0 Å². The lowest BCUT2D eigenvalue weighted by molar-refractivity contribution is -0.332. The first-order valence-corrected chi connectivity index (χ1v) is 10.8. The Bertz CT molecular complexity index is 662. The molecule has 0 saturated heterocycles. The summed E-state index contributed by atoms with van der Waals surface area (Å²) in [6.45, 7) is 40.7. The molecule has 0 amide bonds. The summed E-state index contributed by atoms with van der Waals surface area (Å²) in [5.41, 5.74) is 4.65. The highest BCUT2D eigenvalue weighted by Crippen LogP contribution is 2.86. The molecule has 26 heavy (non-hydrogen) atoms. The van der Waals surface area contributed by atoms with Crippen molar-refractivity contribution in [3.8, 4) is 0 Å². The first kappa shape index (κ1) is 22.0. The smallest absolute Gasteiger partial charge is 0.000449 e. The minimum absolute atomic E-state index is 0.131. The summed E-state index contributed by atoms with van der Waals surface area (Å²) in [6, 6.07) is 0. The molecule has 2 rings (SSSR count). The second kappa shape index (κ2) is 4.83. The standard InChI is InChI=1S/C26H48/c1-17-18(2)25(15)23(11,12)21(7,8)22(9,10)24(13,14)26(25,16)20(5,6)19(17,3)4/h1-16H3. The minimum atomic E-state index is 0.131. The molecule has 2 unspecified atom stereocenters. The van der Waals surface area contributed by atoms with Gasteiger partial charge in [-0.15, -0.1) is 0 Å². The molecule has 0 spiro atoms. The van der Waals surface area contributed by atoms with Crippen molar-refractivity contribution in [2.24, 2.45) is 43.3 Å². The molecule has 2 atom stereocenters. The quantitative estimate of drug-likeness (QED) is 0.380. The van der Waals surface area contributed by atoms with Gasteiger partial charge in [0.15, 0.2) is 0 Å². The van der Waals surface area contributed by atoms with E-state index in [1.807, 2.05) is 0 Å². The van der Waals surface area contributed by atoms with Gasteiger partial charge in [0.2, 0.25) is 0 Å². The van der Waals surface area contributed by atoms with E-state index in [1.54, 1.807) is 11.1 Å². The fourth-order valence-electron chi connectivity index (χ4n) is 8.25. The molecule has 0 radical (unpaired) electrons. The van der Waals surface area contributed by atoms with Gasteiger partial charge in [0.25, 0.3) is 0 Å². The van der Waals surface area contributed by atoms with Crippen LogP contribution in [0.15, 0.2) is 11.1 Å². The second-order valence-electron chi connectivity index (χ2n) is 13.2. The summed E-state index contributed by atoms with van der Waals surface area (Å²) in [5.74, 6) is 0. The fourth-order valence-corrected chi connectivity index (χ4v) is 8.25. The molecule has 0 heteroatoms. The molecule has 0 aromatic rings. The lowest BCUT2D eigenvalue weighted by Crippen LogP contribution is -2.78. The van der Waals surface area contributed by atoms with E-state index < -0.39 is 0 Å². The molecule has 0 nitrogen and oxygen atoms in total. The molecular weight excluding hydrogens is 312 g/mol. The summed E-state index contributed by atoms with van der Waals surface area (Å²) in [4.78, 5) is 0. The molecule has 0 N–H and O–H groups in total. The van der Waals surface area contributed by atoms with Gasteiger partial charge in [0, 0.05) is 5.41 Å². The summed E-state index contributed by atoms with van der Waals surface area (Å²) in [5, 5.41) is 0. The first-order valence-electron chi connectivity index (χ1n) is 10.8. The zero-order chi connectivity index (χ0) is 21.2. The Kier molecular flexibility index (Phi) is 4.09. The van der Waals surface area contributed by atoms with E-state index in [-0.39, 0.29) is 43.3 Å². The number of fused-ring (bicyclic) bond motifs is 1. The molecule has 152 valence electrons. The van der Waals surface area contributed by atoms with Gasteiger partial charge in [0.05, 0.1) is 0 Å². The van der Waals surface area contributed by atoms with E-state index >= 15 is 0 Å². The Balaban J connectivity index is 3.19. The summed E-state index contributed by atoms with van der Waals surface area (Å²) in [6.07, 6.45) is 0. The Morgan fingerprint density at radius 1 is 0.385 bits per heavy atom. The third-order valence-electron chi connectivity index (χ3n) is 13.2. The van der Waals surface area contributed by atoms with Crippen molar-refractivity contribution < 1.29 is 0 Å². The predicted molar refractivity (Wildman–Crippen MR) is 117 cm³/mol. The van der Waals surface area contributed by atoms with Crippen LogP contribution in [0.25, 0.3) is 0 Å². The fraction of sp³-hybridized carbons (Fsp3) is 0.923. The molecule has 0 bridgehead atoms. The average molecular weight is 361 g/mol. The first-order chi connectivity index (χ1) is 11.1. The van der Waals surface area contributed by atoms with Gasteiger partial charge in [-0.3, -0.25) is 0 Å². The van der Waals surface area contributed by atoms with Crippen LogP contribution in [0.3, 0.4) is 0 Å². The third kappa shape index (κ3) is 1.59. The van der Waals surface area contributed by atoms with Crippen LogP contribution in [-0.4, -0.2) is 0 Å². The van der Waals surface area contributed by atoms with Crippen LogP contribution in [0.2, 0.25) is 0 Å². The van der Waals surface area contributed by atoms with Crippen molar-refractivity contribution in [2.75, 3.05) is 0 Å².